The molecule has 0 spiro atoms. The number of rotatable bonds is 8. The van der Waals surface area contributed by atoms with Gasteiger partial charge in [-0.15, -0.1) is 0 Å². The van der Waals surface area contributed by atoms with Crippen LogP contribution in [0.15, 0.2) is 72.8 Å². The molecule has 3 aromatic rings. The molecule has 160 valence electrons. The molecule has 2 aromatic carbocycles. The third-order valence-corrected chi connectivity index (χ3v) is 5.01. The lowest BCUT2D eigenvalue weighted by Crippen LogP contribution is -2.38. The first-order valence-corrected chi connectivity index (χ1v) is 10.3. The first-order valence-electron chi connectivity index (χ1n) is 10.3. The maximum Gasteiger partial charge on any atom is 0.322 e. The highest BCUT2D eigenvalue weighted by molar-refractivity contribution is 5.90. The molecule has 1 heterocycles. The van der Waals surface area contributed by atoms with Gasteiger partial charge in [-0.2, -0.15) is 0 Å². The largest absolute Gasteiger partial charge is 0.469 e. The average molecular weight is 418 g/mol. The van der Waals surface area contributed by atoms with Gasteiger partial charge in [0.1, 0.15) is 5.82 Å². The molecular weight excluding hydrogens is 390 g/mol. The van der Waals surface area contributed by atoms with E-state index in [-0.39, 0.29) is 12.0 Å². The number of hydrogen-bond donors (Lipinski definition) is 1. The predicted molar refractivity (Wildman–Crippen MR) is 122 cm³/mol. The summed E-state index contributed by atoms with van der Waals surface area (Å²) in [7, 11) is 3.10. The standard InChI is InChI=1S/C25H27N3O3/c1-28(25(30)26-18-17-19-7-4-3-5-8-19)23-10-6-9-22(27-23)21-14-11-20(12-15-21)13-16-24(29)31-2/h3-12,14-15H,13,16-18H2,1-2H3,(H,26,30). The van der Waals surface area contributed by atoms with Crippen LogP contribution in [0.2, 0.25) is 0 Å². The summed E-state index contributed by atoms with van der Waals surface area (Å²) in [5, 5.41) is 2.93. The van der Waals surface area contributed by atoms with Crippen LogP contribution in [0, 0.1) is 0 Å². The second kappa shape index (κ2) is 10.9. The quantitative estimate of drug-likeness (QED) is 0.557. The number of carbonyl (C=O) groups excluding carboxylic acids is 2. The zero-order valence-electron chi connectivity index (χ0n) is 17.9. The van der Waals surface area contributed by atoms with E-state index in [0.29, 0.717) is 25.2 Å². The summed E-state index contributed by atoms with van der Waals surface area (Å²) in [4.78, 5) is 30.0. The van der Waals surface area contributed by atoms with Crippen LogP contribution < -0.4 is 10.2 Å². The maximum absolute atomic E-state index is 12.5. The maximum atomic E-state index is 12.5. The number of hydrogen-bond acceptors (Lipinski definition) is 4. The third kappa shape index (κ3) is 6.40. The van der Waals surface area contributed by atoms with Crippen molar-refractivity contribution in [1.82, 2.24) is 10.3 Å². The van der Waals surface area contributed by atoms with Crippen molar-refractivity contribution in [2.45, 2.75) is 19.3 Å². The van der Waals surface area contributed by atoms with Gasteiger partial charge in [-0.05, 0) is 36.1 Å². The second-order valence-electron chi connectivity index (χ2n) is 7.18. The lowest BCUT2D eigenvalue weighted by molar-refractivity contribution is -0.140. The number of nitrogens with one attached hydrogen (secondary N) is 1. The fraction of sp³-hybridized carbons (Fsp3) is 0.240. The topological polar surface area (TPSA) is 71.5 Å². The Morgan fingerprint density at radius 1 is 0.903 bits per heavy atom. The summed E-state index contributed by atoms with van der Waals surface area (Å²) in [5.74, 6) is 0.355. The Hall–Kier alpha value is -3.67. The number of anilines is 1. The third-order valence-electron chi connectivity index (χ3n) is 5.01. The molecular formula is C25H27N3O3. The molecule has 0 aliphatic heterocycles. The van der Waals surface area contributed by atoms with Crippen LogP contribution in [0.5, 0.6) is 0 Å². The van der Waals surface area contributed by atoms with E-state index in [4.69, 9.17) is 0 Å². The molecule has 2 amide bonds. The molecule has 0 saturated heterocycles. The second-order valence-corrected chi connectivity index (χ2v) is 7.18. The molecule has 0 aliphatic carbocycles. The number of carbonyl (C=O) groups is 2. The van der Waals surface area contributed by atoms with Crippen molar-refractivity contribution in [3.8, 4) is 11.3 Å². The number of aromatic nitrogens is 1. The minimum absolute atomic E-state index is 0.196. The van der Waals surface area contributed by atoms with Crippen molar-refractivity contribution in [2.75, 3.05) is 25.6 Å². The monoisotopic (exact) mass is 417 g/mol. The number of amides is 2. The van der Waals surface area contributed by atoms with Crippen molar-refractivity contribution in [3.63, 3.8) is 0 Å². The summed E-state index contributed by atoms with van der Waals surface area (Å²) in [6, 6.07) is 23.4. The van der Waals surface area contributed by atoms with Gasteiger partial charge in [-0.3, -0.25) is 9.69 Å². The number of pyridine rings is 1. The molecule has 0 saturated carbocycles. The summed E-state index contributed by atoms with van der Waals surface area (Å²) >= 11 is 0. The van der Waals surface area contributed by atoms with E-state index in [1.165, 1.54) is 17.6 Å². The lowest BCUT2D eigenvalue weighted by atomic mass is 10.1. The smallest absolute Gasteiger partial charge is 0.322 e. The minimum Gasteiger partial charge on any atom is -0.469 e. The van der Waals surface area contributed by atoms with Crippen LogP contribution >= 0.6 is 0 Å². The molecule has 0 fully saturated rings. The zero-order chi connectivity index (χ0) is 22.1. The van der Waals surface area contributed by atoms with E-state index < -0.39 is 0 Å². The highest BCUT2D eigenvalue weighted by Crippen LogP contribution is 2.21. The van der Waals surface area contributed by atoms with E-state index in [0.717, 1.165) is 23.2 Å². The van der Waals surface area contributed by atoms with Gasteiger partial charge in [-0.1, -0.05) is 60.7 Å². The molecule has 0 atom stereocenters. The Kier molecular flexibility index (Phi) is 7.76. The molecule has 0 bridgehead atoms. The van der Waals surface area contributed by atoms with Crippen LogP contribution in [-0.2, 0) is 22.4 Å². The molecule has 0 unspecified atom stereocenters. The molecule has 31 heavy (non-hydrogen) atoms. The molecule has 1 N–H and O–H groups in total. The van der Waals surface area contributed by atoms with E-state index in [9.17, 15) is 9.59 Å². The summed E-state index contributed by atoms with van der Waals surface area (Å²) < 4.78 is 4.68. The number of nitrogens with zero attached hydrogens (tertiary/aromatic N) is 2. The Labute approximate surface area is 182 Å². The van der Waals surface area contributed by atoms with Crippen molar-refractivity contribution < 1.29 is 14.3 Å². The van der Waals surface area contributed by atoms with Crippen molar-refractivity contribution in [3.05, 3.63) is 83.9 Å². The average Bonchev–Trinajstić information content (AvgIpc) is 2.83. The first-order chi connectivity index (χ1) is 15.1. The van der Waals surface area contributed by atoms with Gasteiger partial charge in [0.05, 0.1) is 12.8 Å². The van der Waals surface area contributed by atoms with E-state index in [2.05, 4.69) is 15.0 Å². The highest BCUT2D eigenvalue weighted by Gasteiger charge is 2.12. The number of urea groups is 1. The molecule has 0 aliphatic rings. The Balaban J connectivity index is 1.59. The van der Waals surface area contributed by atoms with Gasteiger partial charge in [0.2, 0.25) is 0 Å². The molecule has 1 aromatic heterocycles. The summed E-state index contributed by atoms with van der Waals surface area (Å²) in [6.07, 6.45) is 1.76. The Morgan fingerprint density at radius 2 is 1.61 bits per heavy atom. The SMILES string of the molecule is COC(=O)CCc1ccc(-c2cccc(N(C)C(=O)NCCc3ccccc3)n2)cc1. The summed E-state index contributed by atoms with van der Waals surface area (Å²) in [5.41, 5.74) is 3.96. The summed E-state index contributed by atoms with van der Waals surface area (Å²) in [6.45, 7) is 0.555. The van der Waals surface area contributed by atoms with Gasteiger partial charge in [0.25, 0.3) is 0 Å². The predicted octanol–water partition coefficient (Wildman–Crippen LogP) is 4.24. The van der Waals surface area contributed by atoms with Crippen LogP contribution in [0.4, 0.5) is 10.6 Å². The van der Waals surface area contributed by atoms with Gasteiger partial charge in [0.15, 0.2) is 0 Å². The lowest BCUT2D eigenvalue weighted by Gasteiger charge is -2.18. The van der Waals surface area contributed by atoms with Crippen molar-refractivity contribution in [1.29, 1.82) is 0 Å². The van der Waals surface area contributed by atoms with Gasteiger partial charge >= 0.3 is 12.0 Å². The molecule has 6 nitrogen and oxygen atoms in total. The molecule has 0 radical (unpaired) electrons. The Bertz CT molecular complexity index is 1000. The Morgan fingerprint density at radius 3 is 2.32 bits per heavy atom. The van der Waals surface area contributed by atoms with Crippen molar-refractivity contribution in [2.24, 2.45) is 0 Å². The highest BCUT2D eigenvalue weighted by atomic mass is 16.5. The van der Waals surface area contributed by atoms with Crippen LogP contribution in [0.1, 0.15) is 17.5 Å². The van der Waals surface area contributed by atoms with Crippen LogP contribution in [0.3, 0.4) is 0 Å². The first kappa shape index (κ1) is 22.0. The van der Waals surface area contributed by atoms with E-state index >= 15 is 0 Å². The molecule has 6 heteroatoms. The normalized spacial score (nSPS) is 10.4. The fourth-order valence-electron chi connectivity index (χ4n) is 3.14. The number of benzene rings is 2. The van der Waals surface area contributed by atoms with Crippen LogP contribution in [0.25, 0.3) is 11.3 Å². The van der Waals surface area contributed by atoms with Crippen LogP contribution in [-0.4, -0.2) is 37.7 Å². The molecule has 3 rings (SSSR count). The number of aryl methyl sites for hydroxylation is 1. The minimum atomic E-state index is -0.219. The number of methoxy groups -OCH3 is 1. The van der Waals surface area contributed by atoms with Gasteiger partial charge in [0, 0.05) is 25.6 Å². The fourth-order valence-corrected chi connectivity index (χ4v) is 3.14. The van der Waals surface area contributed by atoms with E-state index in [1.807, 2.05) is 72.8 Å². The van der Waals surface area contributed by atoms with Gasteiger partial charge in [-0.25, -0.2) is 9.78 Å². The number of esters is 1. The van der Waals surface area contributed by atoms with E-state index in [1.54, 1.807) is 7.05 Å². The zero-order valence-corrected chi connectivity index (χ0v) is 17.9. The number of ether oxygens (including phenoxy) is 1. The van der Waals surface area contributed by atoms with Gasteiger partial charge < -0.3 is 10.1 Å². The van der Waals surface area contributed by atoms with Crippen molar-refractivity contribution >= 4 is 17.8 Å².